The molecule has 2 aliphatic heterocycles. The molecule has 1 aromatic carbocycles. The fourth-order valence-electron chi connectivity index (χ4n) is 3.49. The number of nitrogens with one attached hydrogen (secondary N) is 1. The molecule has 2 heterocycles. The Morgan fingerprint density at radius 3 is 2.85 bits per heavy atom. The number of aromatic hydroxyl groups is 1. The van der Waals surface area contributed by atoms with Crippen LogP contribution in [0.2, 0.25) is 0 Å². The van der Waals surface area contributed by atoms with Crippen LogP contribution in [0.3, 0.4) is 0 Å². The molecule has 0 spiro atoms. The second-order valence-electron chi connectivity index (χ2n) is 7.11. The summed E-state index contributed by atoms with van der Waals surface area (Å²) in [6.07, 6.45) is 4.72. The van der Waals surface area contributed by atoms with Crippen LogP contribution in [-0.4, -0.2) is 61.0 Å². The van der Waals surface area contributed by atoms with Gasteiger partial charge in [-0.1, -0.05) is 6.07 Å². The lowest BCUT2D eigenvalue weighted by Crippen LogP contribution is -2.47. The van der Waals surface area contributed by atoms with Gasteiger partial charge in [0.05, 0.1) is 25.4 Å². The van der Waals surface area contributed by atoms with Crippen LogP contribution in [0.4, 0.5) is 4.39 Å². The van der Waals surface area contributed by atoms with Crippen LogP contribution in [0, 0.1) is 5.82 Å². The molecule has 27 heavy (non-hydrogen) atoms. The molecule has 0 aromatic heterocycles. The SMILES string of the molecule is CCNC(=NCc1ccc(O)c(F)c1)N1CCC(OCC2CCCO2)CC1. The molecule has 0 amide bonds. The zero-order valence-electron chi connectivity index (χ0n) is 16.0. The standard InChI is InChI=1S/C20H30FN3O3/c1-2-22-20(23-13-15-5-6-19(25)18(21)12-15)24-9-7-16(8-10-24)27-14-17-4-3-11-26-17/h5-6,12,16-17,25H,2-4,7-11,13-14H2,1H3,(H,22,23). The van der Waals surface area contributed by atoms with E-state index >= 15 is 0 Å². The average molecular weight is 379 g/mol. The molecular formula is C20H30FN3O3. The number of ether oxygens (including phenoxy) is 2. The van der Waals surface area contributed by atoms with Crippen LogP contribution < -0.4 is 5.32 Å². The van der Waals surface area contributed by atoms with Crippen molar-refractivity contribution >= 4 is 5.96 Å². The second kappa shape index (κ2) is 9.90. The number of phenols is 1. The Morgan fingerprint density at radius 2 is 2.19 bits per heavy atom. The number of benzene rings is 1. The minimum absolute atomic E-state index is 0.271. The van der Waals surface area contributed by atoms with Gasteiger partial charge in [-0.25, -0.2) is 9.38 Å². The van der Waals surface area contributed by atoms with E-state index in [1.165, 1.54) is 12.1 Å². The summed E-state index contributed by atoms with van der Waals surface area (Å²) in [5.74, 6) is -0.111. The smallest absolute Gasteiger partial charge is 0.194 e. The van der Waals surface area contributed by atoms with Crippen LogP contribution in [0.1, 0.15) is 38.2 Å². The lowest BCUT2D eigenvalue weighted by atomic mass is 10.1. The maximum atomic E-state index is 13.5. The minimum atomic E-state index is -0.614. The van der Waals surface area contributed by atoms with Gasteiger partial charge in [0.1, 0.15) is 0 Å². The number of aliphatic imine (C=N–C) groups is 1. The Kier molecular flexibility index (Phi) is 7.29. The first-order valence-corrected chi connectivity index (χ1v) is 9.89. The van der Waals surface area contributed by atoms with E-state index in [4.69, 9.17) is 9.47 Å². The van der Waals surface area contributed by atoms with Crippen molar-refractivity contribution in [3.8, 4) is 5.75 Å². The maximum absolute atomic E-state index is 13.5. The molecule has 0 bridgehead atoms. The van der Waals surface area contributed by atoms with Crippen molar-refractivity contribution in [2.24, 2.45) is 4.99 Å². The number of rotatable bonds is 6. The van der Waals surface area contributed by atoms with Gasteiger partial charge in [-0.05, 0) is 50.3 Å². The number of halogens is 1. The first kappa shape index (κ1) is 19.9. The molecule has 2 fully saturated rings. The zero-order valence-corrected chi connectivity index (χ0v) is 16.0. The Labute approximate surface area is 160 Å². The number of guanidine groups is 1. The van der Waals surface area contributed by atoms with Gasteiger partial charge in [-0.2, -0.15) is 0 Å². The van der Waals surface area contributed by atoms with E-state index in [0.717, 1.165) is 63.4 Å². The molecule has 0 aliphatic carbocycles. The summed E-state index contributed by atoms with van der Waals surface area (Å²) in [5.41, 5.74) is 0.732. The van der Waals surface area contributed by atoms with Gasteiger partial charge in [0.15, 0.2) is 17.5 Å². The first-order chi connectivity index (χ1) is 13.2. The predicted octanol–water partition coefficient (Wildman–Crippen LogP) is 2.66. The highest BCUT2D eigenvalue weighted by Crippen LogP contribution is 2.19. The molecule has 7 heteroatoms. The number of hydrogen-bond donors (Lipinski definition) is 2. The highest BCUT2D eigenvalue weighted by atomic mass is 19.1. The van der Waals surface area contributed by atoms with Gasteiger partial charge in [-0.15, -0.1) is 0 Å². The van der Waals surface area contributed by atoms with Gasteiger partial charge >= 0.3 is 0 Å². The molecule has 2 aliphatic rings. The number of phenolic OH excluding ortho intramolecular Hbond substituents is 1. The lowest BCUT2D eigenvalue weighted by molar-refractivity contribution is -0.0367. The van der Waals surface area contributed by atoms with Gasteiger partial charge in [0, 0.05) is 26.2 Å². The van der Waals surface area contributed by atoms with Gasteiger partial charge in [0.25, 0.3) is 0 Å². The molecule has 0 radical (unpaired) electrons. The Bertz CT molecular complexity index is 627. The summed E-state index contributed by atoms with van der Waals surface area (Å²) in [7, 11) is 0. The summed E-state index contributed by atoms with van der Waals surface area (Å²) in [4.78, 5) is 6.86. The van der Waals surface area contributed by atoms with E-state index in [9.17, 15) is 9.50 Å². The third-order valence-electron chi connectivity index (χ3n) is 5.04. The van der Waals surface area contributed by atoms with Gasteiger partial charge < -0.3 is 24.8 Å². The van der Waals surface area contributed by atoms with E-state index in [2.05, 4.69) is 15.2 Å². The third-order valence-corrected chi connectivity index (χ3v) is 5.04. The topological polar surface area (TPSA) is 66.3 Å². The van der Waals surface area contributed by atoms with Crippen molar-refractivity contribution in [1.29, 1.82) is 0 Å². The minimum Gasteiger partial charge on any atom is -0.505 e. The summed E-state index contributed by atoms with van der Waals surface area (Å²) in [6, 6.07) is 4.38. The van der Waals surface area contributed by atoms with Gasteiger partial charge in [0.2, 0.25) is 0 Å². The van der Waals surface area contributed by atoms with Crippen LogP contribution >= 0.6 is 0 Å². The highest BCUT2D eigenvalue weighted by Gasteiger charge is 2.24. The molecular weight excluding hydrogens is 349 g/mol. The van der Waals surface area contributed by atoms with E-state index in [1.807, 2.05) is 6.92 Å². The Morgan fingerprint density at radius 1 is 1.37 bits per heavy atom. The van der Waals surface area contributed by atoms with Crippen molar-refractivity contribution in [2.45, 2.75) is 51.4 Å². The highest BCUT2D eigenvalue weighted by molar-refractivity contribution is 5.80. The molecule has 1 aromatic rings. The number of piperidine rings is 1. The molecule has 1 atom stereocenters. The van der Waals surface area contributed by atoms with Crippen molar-refractivity contribution in [2.75, 3.05) is 32.8 Å². The van der Waals surface area contributed by atoms with E-state index in [1.54, 1.807) is 6.07 Å². The van der Waals surface area contributed by atoms with Crippen molar-refractivity contribution < 1.29 is 19.0 Å². The fourth-order valence-corrected chi connectivity index (χ4v) is 3.49. The normalized spacial score (nSPS) is 21.6. The van der Waals surface area contributed by atoms with Crippen LogP contribution in [-0.2, 0) is 16.0 Å². The summed E-state index contributed by atoms with van der Waals surface area (Å²) >= 11 is 0. The number of likely N-dealkylation sites (tertiary alicyclic amines) is 1. The van der Waals surface area contributed by atoms with Crippen molar-refractivity contribution in [3.63, 3.8) is 0 Å². The molecule has 1 unspecified atom stereocenters. The third kappa shape index (κ3) is 5.81. The van der Waals surface area contributed by atoms with Crippen molar-refractivity contribution in [3.05, 3.63) is 29.6 Å². The zero-order chi connectivity index (χ0) is 19.1. The van der Waals surface area contributed by atoms with Crippen molar-refractivity contribution in [1.82, 2.24) is 10.2 Å². The quantitative estimate of drug-likeness (QED) is 0.588. The second-order valence-corrected chi connectivity index (χ2v) is 7.11. The van der Waals surface area contributed by atoms with Crippen LogP contribution in [0.25, 0.3) is 0 Å². The molecule has 0 saturated carbocycles. The Hall–Kier alpha value is -1.86. The maximum Gasteiger partial charge on any atom is 0.194 e. The summed E-state index contributed by atoms with van der Waals surface area (Å²) < 4.78 is 25.1. The molecule has 2 saturated heterocycles. The fraction of sp³-hybridized carbons (Fsp3) is 0.650. The summed E-state index contributed by atoms with van der Waals surface area (Å²) in [6.45, 7) is 6.50. The molecule has 150 valence electrons. The Balaban J connectivity index is 1.50. The van der Waals surface area contributed by atoms with Crippen LogP contribution in [0.5, 0.6) is 5.75 Å². The molecule has 6 nitrogen and oxygen atoms in total. The van der Waals surface area contributed by atoms with E-state index in [-0.39, 0.29) is 18.0 Å². The summed E-state index contributed by atoms with van der Waals surface area (Å²) in [5, 5.41) is 12.6. The number of nitrogens with zero attached hydrogens (tertiary/aromatic N) is 2. The lowest BCUT2D eigenvalue weighted by Gasteiger charge is -2.34. The van der Waals surface area contributed by atoms with E-state index < -0.39 is 5.82 Å². The molecule has 2 N–H and O–H groups in total. The largest absolute Gasteiger partial charge is 0.505 e. The first-order valence-electron chi connectivity index (χ1n) is 9.89. The molecule has 3 rings (SSSR count). The van der Waals surface area contributed by atoms with Gasteiger partial charge in [-0.3, -0.25) is 0 Å². The average Bonchev–Trinajstić information content (AvgIpc) is 3.20. The number of hydrogen-bond acceptors (Lipinski definition) is 4. The van der Waals surface area contributed by atoms with E-state index in [0.29, 0.717) is 13.2 Å². The monoisotopic (exact) mass is 379 g/mol. The predicted molar refractivity (Wildman–Crippen MR) is 102 cm³/mol. The van der Waals surface area contributed by atoms with Crippen LogP contribution in [0.15, 0.2) is 23.2 Å².